The normalized spacial score (nSPS) is 42.6. The Hall–Kier alpha value is -0.410. The summed E-state index contributed by atoms with van der Waals surface area (Å²) in [5.41, 5.74) is -0.224. The lowest BCUT2D eigenvalue weighted by Gasteiger charge is -2.41. The molecule has 2 aliphatic rings. The highest BCUT2D eigenvalue weighted by Gasteiger charge is 2.54. The van der Waals surface area contributed by atoms with Crippen molar-refractivity contribution >= 4 is 5.78 Å². The minimum absolute atomic E-state index is 0.211. The summed E-state index contributed by atoms with van der Waals surface area (Å²) in [7, 11) is 0. The molecule has 2 unspecified atom stereocenters. The first-order valence-corrected chi connectivity index (χ1v) is 7.18. The van der Waals surface area contributed by atoms with Crippen LogP contribution in [0.2, 0.25) is 0 Å². The van der Waals surface area contributed by atoms with Crippen LogP contribution >= 0.6 is 0 Å². The SMILES string of the molecule is CC(=O)CC[C@@H]1C2C(O)OC(C)(C)[C@@H]2CC[C@H]1C. The Balaban J connectivity index is 2.14. The number of carbonyl (C=O) groups excluding carboxylic acids is 1. The van der Waals surface area contributed by atoms with Crippen LogP contribution in [0.5, 0.6) is 0 Å². The third-order valence-electron chi connectivity index (χ3n) is 5.10. The maximum absolute atomic E-state index is 11.2. The van der Waals surface area contributed by atoms with Gasteiger partial charge in [0.15, 0.2) is 6.29 Å². The minimum atomic E-state index is -0.648. The Morgan fingerprint density at radius 1 is 1.39 bits per heavy atom. The van der Waals surface area contributed by atoms with Gasteiger partial charge in [-0.05, 0) is 51.4 Å². The number of fused-ring (bicyclic) bond motifs is 1. The Labute approximate surface area is 110 Å². The lowest BCUT2D eigenvalue weighted by Crippen LogP contribution is -2.40. The zero-order chi connectivity index (χ0) is 13.5. The van der Waals surface area contributed by atoms with Gasteiger partial charge in [0.25, 0.3) is 0 Å². The van der Waals surface area contributed by atoms with Crippen molar-refractivity contribution in [2.45, 2.75) is 65.3 Å². The number of carbonyl (C=O) groups is 1. The Morgan fingerprint density at radius 2 is 2.06 bits per heavy atom. The number of Topliss-reactive ketones (excluding diaryl/α,β-unsaturated/α-hetero) is 1. The van der Waals surface area contributed by atoms with Crippen molar-refractivity contribution < 1.29 is 14.6 Å². The van der Waals surface area contributed by atoms with E-state index in [4.69, 9.17) is 4.74 Å². The van der Waals surface area contributed by atoms with Crippen LogP contribution in [-0.2, 0) is 9.53 Å². The number of hydrogen-bond donors (Lipinski definition) is 1. The summed E-state index contributed by atoms with van der Waals surface area (Å²) in [6.07, 6.45) is 3.19. The summed E-state index contributed by atoms with van der Waals surface area (Å²) < 4.78 is 5.75. The standard InChI is InChI=1S/C15H26O3/c1-9-5-8-12-13(11(9)7-6-10(2)16)14(17)18-15(12,3)4/h9,11-14,17H,5-8H2,1-4H3/t9-,11+,12-,13?,14?/m1/s1. The lowest BCUT2D eigenvalue weighted by atomic mass is 9.63. The molecule has 0 amide bonds. The first-order chi connectivity index (χ1) is 8.33. The summed E-state index contributed by atoms with van der Waals surface area (Å²) in [6, 6.07) is 0. The van der Waals surface area contributed by atoms with Crippen LogP contribution in [0, 0.1) is 23.7 Å². The first kappa shape index (κ1) is 14.0. The highest BCUT2D eigenvalue weighted by Crippen LogP contribution is 2.52. The second-order valence-electron chi connectivity index (χ2n) is 6.75. The molecule has 18 heavy (non-hydrogen) atoms. The van der Waals surface area contributed by atoms with Crippen LogP contribution in [0.25, 0.3) is 0 Å². The van der Waals surface area contributed by atoms with Gasteiger partial charge >= 0.3 is 0 Å². The van der Waals surface area contributed by atoms with Crippen LogP contribution in [0.3, 0.4) is 0 Å². The van der Waals surface area contributed by atoms with Crippen LogP contribution in [0.4, 0.5) is 0 Å². The van der Waals surface area contributed by atoms with E-state index in [0.717, 1.165) is 12.8 Å². The molecule has 1 saturated heterocycles. The quantitative estimate of drug-likeness (QED) is 0.842. The molecule has 1 aliphatic heterocycles. The van der Waals surface area contributed by atoms with E-state index in [-0.39, 0.29) is 17.3 Å². The van der Waals surface area contributed by atoms with Crippen LogP contribution in [0.15, 0.2) is 0 Å². The average molecular weight is 254 g/mol. The molecular formula is C15H26O3. The molecule has 2 rings (SSSR count). The predicted molar refractivity (Wildman–Crippen MR) is 70.0 cm³/mol. The molecule has 1 N–H and O–H groups in total. The summed E-state index contributed by atoms with van der Waals surface area (Å²) in [5, 5.41) is 10.2. The van der Waals surface area contributed by atoms with Gasteiger partial charge in [-0.2, -0.15) is 0 Å². The van der Waals surface area contributed by atoms with Crippen molar-refractivity contribution in [3.8, 4) is 0 Å². The van der Waals surface area contributed by atoms with Crippen LogP contribution < -0.4 is 0 Å². The maximum atomic E-state index is 11.2. The molecule has 0 aromatic rings. The molecule has 0 aromatic heterocycles. The van der Waals surface area contributed by atoms with Crippen molar-refractivity contribution in [1.82, 2.24) is 0 Å². The van der Waals surface area contributed by atoms with Gasteiger partial charge in [0.1, 0.15) is 5.78 Å². The smallest absolute Gasteiger partial charge is 0.158 e. The van der Waals surface area contributed by atoms with E-state index in [9.17, 15) is 9.90 Å². The topological polar surface area (TPSA) is 46.5 Å². The van der Waals surface area contributed by atoms with Crippen molar-refractivity contribution in [3.63, 3.8) is 0 Å². The molecule has 5 atom stereocenters. The molecule has 1 aliphatic carbocycles. The van der Waals surface area contributed by atoms with Gasteiger partial charge in [-0.15, -0.1) is 0 Å². The number of ether oxygens (including phenoxy) is 1. The molecule has 0 bridgehead atoms. The van der Waals surface area contributed by atoms with Crippen molar-refractivity contribution in [1.29, 1.82) is 0 Å². The van der Waals surface area contributed by atoms with Gasteiger partial charge in [0.05, 0.1) is 5.60 Å². The Bertz CT molecular complexity index is 324. The van der Waals surface area contributed by atoms with Gasteiger partial charge in [-0.1, -0.05) is 13.3 Å². The number of aliphatic hydroxyl groups excluding tert-OH is 1. The molecule has 104 valence electrons. The lowest BCUT2D eigenvalue weighted by molar-refractivity contribution is -0.144. The van der Waals surface area contributed by atoms with E-state index < -0.39 is 6.29 Å². The number of hydrogen-bond acceptors (Lipinski definition) is 3. The van der Waals surface area contributed by atoms with Crippen LogP contribution in [-0.4, -0.2) is 22.8 Å². The Kier molecular flexibility index (Phi) is 3.84. The van der Waals surface area contributed by atoms with E-state index in [0.29, 0.717) is 24.2 Å². The van der Waals surface area contributed by atoms with Gasteiger partial charge < -0.3 is 14.6 Å². The second-order valence-corrected chi connectivity index (χ2v) is 6.75. The zero-order valence-corrected chi connectivity index (χ0v) is 12.0. The average Bonchev–Trinajstić information content (AvgIpc) is 2.47. The highest BCUT2D eigenvalue weighted by atomic mass is 16.6. The highest BCUT2D eigenvalue weighted by molar-refractivity contribution is 5.75. The zero-order valence-electron chi connectivity index (χ0n) is 12.0. The van der Waals surface area contributed by atoms with Crippen LogP contribution in [0.1, 0.15) is 53.4 Å². The van der Waals surface area contributed by atoms with E-state index in [2.05, 4.69) is 20.8 Å². The van der Waals surface area contributed by atoms with E-state index in [1.807, 2.05) is 0 Å². The molecule has 0 spiro atoms. The van der Waals surface area contributed by atoms with Crippen molar-refractivity contribution in [2.75, 3.05) is 0 Å². The molecule has 3 heteroatoms. The second kappa shape index (κ2) is 4.93. The Morgan fingerprint density at radius 3 is 2.67 bits per heavy atom. The maximum Gasteiger partial charge on any atom is 0.158 e. The molecule has 0 radical (unpaired) electrons. The van der Waals surface area contributed by atoms with Gasteiger partial charge in [-0.25, -0.2) is 0 Å². The van der Waals surface area contributed by atoms with E-state index >= 15 is 0 Å². The van der Waals surface area contributed by atoms with Crippen molar-refractivity contribution in [2.24, 2.45) is 23.7 Å². The molecule has 3 nitrogen and oxygen atoms in total. The van der Waals surface area contributed by atoms with Gasteiger partial charge in [-0.3, -0.25) is 0 Å². The van der Waals surface area contributed by atoms with E-state index in [1.165, 1.54) is 6.42 Å². The van der Waals surface area contributed by atoms with Gasteiger partial charge in [0.2, 0.25) is 0 Å². The molecule has 0 aromatic carbocycles. The predicted octanol–water partition coefficient (Wildman–Crippen LogP) is 2.76. The fourth-order valence-electron chi connectivity index (χ4n) is 4.07. The van der Waals surface area contributed by atoms with E-state index in [1.54, 1.807) is 6.92 Å². The van der Waals surface area contributed by atoms with Crippen molar-refractivity contribution in [3.05, 3.63) is 0 Å². The summed E-state index contributed by atoms with van der Waals surface area (Å²) >= 11 is 0. The monoisotopic (exact) mass is 254 g/mol. The van der Waals surface area contributed by atoms with Gasteiger partial charge in [0, 0.05) is 12.3 Å². The fourth-order valence-corrected chi connectivity index (χ4v) is 4.07. The third-order valence-corrected chi connectivity index (χ3v) is 5.10. The largest absolute Gasteiger partial charge is 0.368 e. The molecule has 1 saturated carbocycles. The molecular weight excluding hydrogens is 228 g/mol. The fraction of sp³-hybridized carbons (Fsp3) is 0.933. The number of aliphatic hydroxyl groups is 1. The number of ketones is 1. The summed E-state index contributed by atoms with van der Waals surface area (Å²) in [5.74, 6) is 1.89. The first-order valence-electron chi connectivity index (χ1n) is 7.18. The minimum Gasteiger partial charge on any atom is -0.368 e. The molecule has 2 fully saturated rings. The molecule has 1 heterocycles. The summed E-state index contributed by atoms with van der Waals surface area (Å²) in [6.45, 7) is 8.06. The third kappa shape index (κ3) is 2.48. The number of rotatable bonds is 3. The summed E-state index contributed by atoms with van der Waals surface area (Å²) in [4.78, 5) is 11.2.